The van der Waals surface area contributed by atoms with Gasteiger partial charge in [0, 0.05) is 30.2 Å². The summed E-state index contributed by atoms with van der Waals surface area (Å²) in [4.78, 5) is 13.8. The molecule has 1 aromatic carbocycles. The molecule has 0 aromatic heterocycles. The lowest BCUT2D eigenvalue weighted by Gasteiger charge is -2.22. The molecule has 1 aromatic rings. The second-order valence-corrected chi connectivity index (χ2v) is 5.30. The van der Waals surface area contributed by atoms with Gasteiger partial charge in [-0.25, -0.2) is 0 Å². The first-order valence-corrected chi connectivity index (χ1v) is 6.88. The van der Waals surface area contributed by atoms with Crippen molar-refractivity contribution in [3.63, 3.8) is 0 Å². The van der Waals surface area contributed by atoms with Crippen LogP contribution >= 0.6 is 15.9 Å². The van der Waals surface area contributed by atoms with Crippen LogP contribution in [0.4, 0.5) is 0 Å². The molecule has 0 radical (unpaired) electrons. The lowest BCUT2D eigenvalue weighted by molar-refractivity contribution is -0.126. The molecule has 1 aliphatic rings. The van der Waals surface area contributed by atoms with E-state index in [-0.39, 0.29) is 5.91 Å². The predicted molar refractivity (Wildman–Crippen MR) is 77.2 cm³/mol. The summed E-state index contributed by atoms with van der Waals surface area (Å²) in [5.74, 6) is 0.0550. The second kappa shape index (κ2) is 6.16. The molecule has 1 amide bonds. The van der Waals surface area contributed by atoms with Gasteiger partial charge in [-0.3, -0.25) is 4.79 Å². The molecule has 0 spiro atoms. The Morgan fingerprint density at radius 1 is 1.50 bits per heavy atom. The van der Waals surface area contributed by atoms with E-state index in [4.69, 9.17) is 0 Å². The molecule has 96 valence electrons. The molecule has 1 heterocycles. The van der Waals surface area contributed by atoms with Crippen LogP contribution in [0.5, 0.6) is 0 Å². The highest BCUT2D eigenvalue weighted by atomic mass is 79.9. The number of nitrogens with one attached hydrogen (secondary N) is 1. The van der Waals surface area contributed by atoms with Crippen molar-refractivity contribution in [3.8, 4) is 0 Å². The molecule has 2 rings (SSSR count). The quantitative estimate of drug-likeness (QED) is 0.869. The minimum absolute atomic E-state index is 0.0550. The van der Waals surface area contributed by atoms with Crippen LogP contribution in [0.25, 0.3) is 6.08 Å². The number of likely N-dealkylation sites (N-methyl/N-ethyl adjacent to an activating group) is 1. The molecule has 18 heavy (non-hydrogen) atoms. The number of amides is 1. The van der Waals surface area contributed by atoms with Crippen LogP contribution in [0, 0.1) is 0 Å². The summed E-state index contributed by atoms with van der Waals surface area (Å²) in [5, 5.41) is 3.27. The lowest BCUT2D eigenvalue weighted by Crippen LogP contribution is -2.37. The highest BCUT2D eigenvalue weighted by Crippen LogP contribution is 2.17. The van der Waals surface area contributed by atoms with Gasteiger partial charge < -0.3 is 10.2 Å². The zero-order chi connectivity index (χ0) is 13.0. The molecule has 1 atom stereocenters. The third-order valence-corrected chi connectivity index (χ3v) is 3.96. The van der Waals surface area contributed by atoms with E-state index in [0.717, 1.165) is 29.5 Å². The molecule has 0 bridgehead atoms. The van der Waals surface area contributed by atoms with E-state index in [1.54, 1.807) is 6.08 Å². The van der Waals surface area contributed by atoms with Gasteiger partial charge in [-0.15, -0.1) is 0 Å². The number of hydrogen-bond acceptors (Lipinski definition) is 2. The van der Waals surface area contributed by atoms with Crippen molar-refractivity contribution >= 4 is 27.9 Å². The normalized spacial score (nSPS) is 19.3. The summed E-state index contributed by atoms with van der Waals surface area (Å²) in [6.45, 7) is 1.89. The average Bonchev–Trinajstić information content (AvgIpc) is 2.90. The zero-order valence-corrected chi connectivity index (χ0v) is 12.0. The standard InChI is InChI=1S/C14H17BrN2O/c1-17(12-8-9-16-10-12)14(18)7-6-11-4-2-3-5-13(11)15/h2-7,12,16H,8-10H2,1H3. The van der Waals surface area contributed by atoms with E-state index in [1.165, 1.54) is 0 Å². The Morgan fingerprint density at radius 2 is 2.28 bits per heavy atom. The van der Waals surface area contributed by atoms with Gasteiger partial charge in [-0.1, -0.05) is 34.1 Å². The van der Waals surface area contributed by atoms with Gasteiger partial charge in [0.15, 0.2) is 0 Å². The average molecular weight is 309 g/mol. The summed E-state index contributed by atoms with van der Waals surface area (Å²) in [5.41, 5.74) is 1.02. The fourth-order valence-corrected chi connectivity index (χ4v) is 2.46. The van der Waals surface area contributed by atoms with E-state index in [2.05, 4.69) is 21.2 Å². The second-order valence-electron chi connectivity index (χ2n) is 4.45. The van der Waals surface area contributed by atoms with Gasteiger partial charge in [0.25, 0.3) is 0 Å². The van der Waals surface area contributed by atoms with Gasteiger partial charge in [0.05, 0.1) is 0 Å². The van der Waals surface area contributed by atoms with Crippen molar-refractivity contribution in [2.45, 2.75) is 12.5 Å². The SMILES string of the molecule is CN(C(=O)C=Cc1ccccc1Br)C1CCNC1. The molecular formula is C14H17BrN2O. The Kier molecular flexibility index (Phi) is 4.55. The first kappa shape index (κ1) is 13.3. The van der Waals surface area contributed by atoms with Crippen molar-refractivity contribution in [2.24, 2.45) is 0 Å². The van der Waals surface area contributed by atoms with Crippen LogP contribution < -0.4 is 5.32 Å². The summed E-state index contributed by atoms with van der Waals surface area (Å²) >= 11 is 3.46. The Morgan fingerprint density at radius 3 is 2.94 bits per heavy atom. The topological polar surface area (TPSA) is 32.3 Å². The number of rotatable bonds is 3. The van der Waals surface area contributed by atoms with Crippen LogP contribution in [0.3, 0.4) is 0 Å². The van der Waals surface area contributed by atoms with Crippen molar-refractivity contribution < 1.29 is 4.79 Å². The van der Waals surface area contributed by atoms with E-state index in [1.807, 2.05) is 42.3 Å². The summed E-state index contributed by atoms with van der Waals surface area (Å²) in [6.07, 6.45) is 4.52. The Labute approximate surface area is 116 Å². The van der Waals surface area contributed by atoms with E-state index in [9.17, 15) is 4.79 Å². The smallest absolute Gasteiger partial charge is 0.246 e. The molecule has 1 aliphatic heterocycles. The molecule has 1 fully saturated rings. The number of hydrogen-bond donors (Lipinski definition) is 1. The zero-order valence-electron chi connectivity index (χ0n) is 10.4. The molecule has 1 saturated heterocycles. The third-order valence-electron chi connectivity index (χ3n) is 3.24. The predicted octanol–water partition coefficient (Wildman–Crippen LogP) is 2.28. The number of carbonyl (C=O) groups is 1. The summed E-state index contributed by atoms with van der Waals surface area (Å²) < 4.78 is 0.999. The fraction of sp³-hybridized carbons (Fsp3) is 0.357. The first-order chi connectivity index (χ1) is 8.68. The highest BCUT2D eigenvalue weighted by molar-refractivity contribution is 9.10. The van der Waals surface area contributed by atoms with E-state index in [0.29, 0.717) is 6.04 Å². The molecule has 3 nitrogen and oxygen atoms in total. The van der Waals surface area contributed by atoms with Crippen LogP contribution in [0.2, 0.25) is 0 Å². The molecule has 0 saturated carbocycles. The molecule has 4 heteroatoms. The number of halogens is 1. The first-order valence-electron chi connectivity index (χ1n) is 6.08. The Hall–Kier alpha value is -1.13. The van der Waals surface area contributed by atoms with Crippen LogP contribution in [0.15, 0.2) is 34.8 Å². The maximum atomic E-state index is 12.0. The van der Waals surface area contributed by atoms with Crippen LogP contribution in [-0.4, -0.2) is 37.0 Å². The fourth-order valence-electron chi connectivity index (χ4n) is 2.04. The van der Waals surface area contributed by atoms with Crippen molar-refractivity contribution in [3.05, 3.63) is 40.4 Å². The van der Waals surface area contributed by atoms with Crippen molar-refractivity contribution in [1.82, 2.24) is 10.2 Å². The number of nitrogens with zero attached hydrogens (tertiary/aromatic N) is 1. The maximum absolute atomic E-state index is 12.0. The third kappa shape index (κ3) is 3.21. The lowest BCUT2D eigenvalue weighted by atomic mass is 10.2. The Balaban J connectivity index is 2.00. The minimum Gasteiger partial charge on any atom is -0.338 e. The van der Waals surface area contributed by atoms with E-state index >= 15 is 0 Å². The maximum Gasteiger partial charge on any atom is 0.246 e. The number of carbonyl (C=O) groups excluding carboxylic acids is 1. The van der Waals surface area contributed by atoms with Crippen LogP contribution in [-0.2, 0) is 4.79 Å². The molecule has 1 unspecified atom stereocenters. The summed E-state index contributed by atoms with van der Waals surface area (Å²) in [7, 11) is 1.87. The number of benzene rings is 1. The van der Waals surface area contributed by atoms with Gasteiger partial charge >= 0.3 is 0 Å². The van der Waals surface area contributed by atoms with E-state index < -0.39 is 0 Å². The van der Waals surface area contributed by atoms with Gasteiger partial charge in [-0.05, 0) is 30.7 Å². The van der Waals surface area contributed by atoms with Gasteiger partial charge in [-0.2, -0.15) is 0 Å². The molecular weight excluding hydrogens is 292 g/mol. The monoisotopic (exact) mass is 308 g/mol. The van der Waals surface area contributed by atoms with Gasteiger partial charge in [0.2, 0.25) is 5.91 Å². The Bertz CT molecular complexity index is 453. The largest absolute Gasteiger partial charge is 0.338 e. The highest BCUT2D eigenvalue weighted by Gasteiger charge is 2.21. The van der Waals surface area contributed by atoms with Crippen molar-refractivity contribution in [1.29, 1.82) is 0 Å². The molecule has 1 N–H and O–H groups in total. The molecule has 0 aliphatic carbocycles. The summed E-state index contributed by atoms with van der Waals surface area (Å²) in [6, 6.07) is 8.18. The minimum atomic E-state index is 0.0550. The van der Waals surface area contributed by atoms with Crippen LogP contribution in [0.1, 0.15) is 12.0 Å². The van der Waals surface area contributed by atoms with Crippen molar-refractivity contribution in [2.75, 3.05) is 20.1 Å². The van der Waals surface area contributed by atoms with Gasteiger partial charge in [0.1, 0.15) is 0 Å².